The molecule has 43 heavy (non-hydrogen) atoms. The van der Waals surface area contributed by atoms with Crippen LogP contribution in [0.5, 0.6) is 6.01 Å². The summed E-state index contributed by atoms with van der Waals surface area (Å²) >= 11 is 0. The van der Waals surface area contributed by atoms with Gasteiger partial charge in [0.1, 0.15) is 29.5 Å². The van der Waals surface area contributed by atoms with Gasteiger partial charge in [0.15, 0.2) is 5.82 Å². The zero-order chi connectivity index (χ0) is 29.8. The van der Waals surface area contributed by atoms with Gasteiger partial charge in [-0.05, 0) is 101 Å². The molecule has 7 nitrogen and oxygen atoms in total. The largest absolute Gasteiger partial charge is 0.461 e. The van der Waals surface area contributed by atoms with E-state index in [-0.39, 0.29) is 34.1 Å². The molecule has 2 aromatic heterocycles. The first-order valence-corrected chi connectivity index (χ1v) is 15.7. The third-order valence-electron chi connectivity index (χ3n) is 10.5. The normalized spacial score (nSPS) is 19.2. The van der Waals surface area contributed by atoms with Crippen LogP contribution in [0.1, 0.15) is 57.4 Å². The number of nitrogens with one attached hydrogen (secondary N) is 1. The van der Waals surface area contributed by atoms with Crippen molar-refractivity contribution in [2.24, 2.45) is 0 Å². The van der Waals surface area contributed by atoms with E-state index in [1.807, 2.05) is 19.1 Å². The fourth-order valence-electron chi connectivity index (χ4n) is 7.67. The standard InChI is InChI=1S/C34H40F2N6O/c1-4-23-26(35)12-11-22-9-5-10-24(27(22)23)29-28(36)30-25(19-37-29)31(38-20-33(41(2)3)13-6-14-33)40-32(39-30)43-21-34-15-7-17-42(34)18-8-16-34/h5,9-12,19H,4,6-8,13-18,20-21H2,1-3H3,(H,38,39,40). The molecule has 7 rings (SSSR count). The SMILES string of the molecule is CCc1c(F)ccc2cccc(-c3ncc4c(NCC5(N(C)C)CCC5)nc(OCC56CCCN5CCC6)nc4c3F)c12. The molecule has 0 spiro atoms. The van der Waals surface area contributed by atoms with Crippen LogP contribution in [-0.4, -0.2) is 76.2 Å². The summed E-state index contributed by atoms with van der Waals surface area (Å²) in [4.78, 5) is 18.8. The molecule has 4 aromatic rings. The number of hydrogen-bond acceptors (Lipinski definition) is 7. The maximum Gasteiger partial charge on any atom is 0.319 e. The number of anilines is 1. The lowest BCUT2D eigenvalue weighted by Crippen LogP contribution is -2.54. The predicted molar refractivity (Wildman–Crippen MR) is 167 cm³/mol. The second-order valence-corrected chi connectivity index (χ2v) is 12.9. The highest BCUT2D eigenvalue weighted by Gasteiger charge is 2.45. The van der Waals surface area contributed by atoms with Gasteiger partial charge in [-0.25, -0.2) is 8.78 Å². The molecule has 3 fully saturated rings. The van der Waals surface area contributed by atoms with E-state index in [1.165, 1.54) is 12.5 Å². The van der Waals surface area contributed by atoms with E-state index in [4.69, 9.17) is 9.72 Å². The maximum atomic E-state index is 16.7. The average Bonchev–Trinajstić information content (AvgIpc) is 3.56. The number of aromatic nitrogens is 3. The van der Waals surface area contributed by atoms with E-state index in [1.54, 1.807) is 18.3 Å². The van der Waals surface area contributed by atoms with Crippen LogP contribution in [0.3, 0.4) is 0 Å². The number of nitrogens with zero attached hydrogens (tertiary/aromatic N) is 5. The van der Waals surface area contributed by atoms with Crippen LogP contribution in [0.2, 0.25) is 0 Å². The molecule has 1 aliphatic carbocycles. The monoisotopic (exact) mass is 586 g/mol. The van der Waals surface area contributed by atoms with Crippen LogP contribution >= 0.6 is 0 Å². The Labute approximate surface area is 251 Å². The van der Waals surface area contributed by atoms with Gasteiger partial charge in [-0.15, -0.1) is 0 Å². The van der Waals surface area contributed by atoms with Crippen molar-refractivity contribution in [3.8, 4) is 17.3 Å². The molecule has 226 valence electrons. The van der Waals surface area contributed by atoms with Crippen molar-refractivity contribution >= 4 is 27.5 Å². The van der Waals surface area contributed by atoms with Gasteiger partial charge < -0.3 is 15.0 Å². The van der Waals surface area contributed by atoms with Crippen LogP contribution in [0.25, 0.3) is 32.9 Å². The van der Waals surface area contributed by atoms with Gasteiger partial charge >= 0.3 is 6.01 Å². The van der Waals surface area contributed by atoms with E-state index in [0.717, 1.165) is 57.0 Å². The molecular formula is C34H40F2N6O. The average molecular weight is 587 g/mol. The van der Waals surface area contributed by atoms with Gasteiger partial charge in [0.05, 0.1) is 10.9 Å². The predicted octanol–water partition coefficient (Wildman–Crippen LogP) is 6.59. The summed E-state index contributed by atoms with van der Waals surface area (Å²) in [5.74, 6) is -0.332. The lowest BCUT2D eigenvalue weighted by atomic mass is 9.75. The number of hydrogen-bond donors (Lipinski definition) is 1. The van der Waals surface area contributed by atoms with Crippen molar-refractivity contribution < 1.29 is 13.5 Å². The molecule has 2 saturated heterocycles. The van der Waals surface area contributed by atoms with Gasteiger partial charge in [0.2, 0.25) is 0 Å². The third kappa shape index (κ3) is 4.72. The Balaban J connectivity index is 1.33. The summed E-state index contributed by atoms with van der Waals surface area (Å²) in [5.41, 5.74) is 1.45. The number of rotatable bonds is 9. The molecule has 1 saturated carbocycles. The summed E-state index contributed by atoms with van der Waals surface area (Å²) in [6, 6.07) is 8.96. The van der Waals surface area contributed by atoms with Crippen molar-refractivity contribution in [3.63, 3.8) is 0 Å². The van der Waals surface area contributed by atoms with Crippen LogP contribution in [0.4, 0.5) is 14.6 Å². The highest BCUT2D eigenvalue weighted by atomic mass is 19.1. The molecule has 1 N–H and O–H groups in total. The minimum absolute atomic E-state index is 0.0123. The smallest absolute Gasteiger partial charge is 0.319 e. The molecule has 2 aliphatic heterocycles. The summed E-state index contributed by atoms with van der Waals surface area (Å²) in [6.07, 6.45) is 10.00. The first-order valence-electron chi connectivity index (χ1n) is 15.7. The molecule has 0 atom stereocenters. The Hall–Kier alpha value is -3.43. The summed E-state index contributed by atoms with van der Waals surface area (Å²) in [6.45, 7) is 5.26. The van der Waals surface area contributed by atoms with Crippen LogP contribution < -0.4 is 10.1 Å². The minimum Gasteiger partial charge on any atom is -0.461 e. The maximum absolute atomic E-state index is 16.7. The summed E-state index contributed by atoms with van der Waals surface area (Å²) in [7, 11) is 4.21. The van der Waals surface area contributed by atoms with Crippen LogP contribution in [0, 0.1) is 11.6 Å². The zero-order valence-corrected chi connectivity index (χ0v) is 25.3. The van der Waals surface area contributed by atoms with Crippen molar-refractivity contribution in [2.45, 2.75) is 69.4 Å². The third-order valence-corrected chi connectivity index (χ3v) is 10.5. The Morgan fingerprint density at radius 1 is 1.00 bits per heavy atom. The van der Waals surface area contributed by atoms with Gasteiger partial charge in [-0.1, -0.05) is 31.2 Å². The number of halogens is 2. The Kier molecular flexibility index (Phi) is 7.21. The van der Waals surface area contributed by atoms with Gasteiger partial charge in [-0.3, -0.25) is 9.88 Å². The molecular weight excluding hydrogens is 546 g/mol. The molecule has 0 radical (unpaired) electrons. The number of benzene rings is 2. The van der Waals surface area contributed by atoms with Crippen molar-refractivity contribution in [1.29, 1.82) is 0 Å². The van der Waals surface area contributed by atoms with Crippen LogP contribution in [0.15, 0.2) is 36.5 Å². The van der Waals surface area contributed by atoms with E-state index in [9.17, 15) is 4.39 Å². The van der Waals surface area contributed by atoms with Crippen molar-refractivity contribution in [2.75, 3.05) is 45.7 Å². The molecule has 0 amide bonds. The fraction of sp³-hybridized carbons (Fsp3) is 0.500. The fourth-order valence-corrected chi connectivity index (χ4v) is 7.67. The summed E-state index contributed by atoms with van der Waals surface area (Å²) in [5, 5.41) is 5.56. The van der Waals surface area contributed by atoms with Gasteiger partial charge in [0, 0.05) is 23.8 Å². The van der Waals surface area contributed by atoms with Gasteiger partial charge in [0.25, 0.3) is 0 Å². The number of likely N-dealkylation sites (N-methyl/N-ethyl adjacent to an activating group) is 1. The minimum atomic E-state index is -0.556. The highest BCUT2D eigenvalue weighted by Crippen LogP contribution is 2.41. The molecule has 9 heteroatoms. The van der Waals surface area contributed by atoms with Crippen molar-refractivity contribution in [3.05, 3.63) is 53.7 Å². The number of aryl methyl sites for hydroxylation is 1. The lowest BCUT2D eigenvalue weighted by Gasteiger charge is -2.47. The second-order valence-electron chi connectivity index (χ2n) is 12.9. The Morgan fingerprint density at radius 3 is 2.49 bits per heavy atom. The molecule has 0 unspecified atom stereocenters. The Morgan fingerprint density at radius 2 is 1.79 bits per heavy atom. The first kappa shape index (κ1) is 28.3. The molecule has 4 heterocycles. The van der Waals surface area contributed by atoms with Crippen LogP contribution in [-0.2, 0) is 6.42 Å². The van der Waals surface area contributed by atoms with E-state index < -0.39 is 5.82 Å². The van der Waals surface area contributed by atoms with E-state index in [0.29, 0.717) is 47.3 Å². The number of fused-ring (bicyclic) bond motifs is 3. The Bertz CT molecular complexity index is 1680. The van der Waals surface area contributed by atoms with Gasteiger partial charge in [-0.2, -0.15) is 9.97 Å². The first-order chi connectivity index (χ1) is 20.8. The quantitative estimate of drug-likeness (QED) is 0.237. The van der Waals surface area contributed by atoms with E-state index >= 15 is 4.39 Å². The lowest BCUT2D eigenvalue weighted by molar-refractivity contribution is 0.0738. The second kappa shape index (κ2) is 10.9. The zero-order valence-electron chi connectivity index (χ0n) is 25.3. The highest BCUT2D eigenvalue weighted by molar-refractivity contribution is 6.00. The van der Waals surface area contributed by atoms with Crippen molar-refractivity contribution in [1.82, 2.24) is 24.8 Å². The molecule has 0 bridgehead atoms. The summed E-state index contributed by atoms with van der Waals surface area (Å²) < 4.78 is 37.9. The molecule has 2 aromatic carbocycles. The number of ether oxygens (including phenoxy) is 1. The topological polar surface area (TPSA) is 66.4 Å². The van der Waals surface area contributed by atoms with E-state index in [2.05, 4.69) is 39.2 Å². The molecule has 3 aliphatic rings. The number of pyridine rings is 1.